The fourth-order valence-corrected chi connectivity index (χ4v) is 1.05. The maximum absolute atomic E-state index is 5.15. The van der Waals surface area contributed by atoms with E-state index in [1.54, 1.807) is 7.11 Å². The molecule has 0 bridgehead atoms. The molecule has 0 spiro atoms. The summed E-state index contributed by atoms with van der Waals surface area (Å²) >= 11 is 0. The van der Waals surface area contributed by atoms with Gasteiger partial charge in [0.2, 0.25) is 0 Å². The van der Waals surface area contributed by atoms with E-state index < -0.39 is 0 Å². The molecule has 78 valence electrons. The predicted molar refractivity (Wildman–Crippen MR) is 53.8 cm³/mol. The molecule has 0 saturated carbocycles. The molecule has 1 unspecified atom stereocenters. The Hall–Kier alpha value is -0.900. The number of methoxy groups -OCH3 is 1. The van der Waals surface area contributed by atoms with E-state index in [0.717, 1.165) is 5.56 Å². The first-order chi connectivity index (χ1) is 6.84. The van der Waals surface area contributed by atoms with Crippen molar-refractivity contribution in [2.24, 2.45) is 0 Å². The average molecular weight is 196 g/mol. The van der Waals surface area contributed by atoms with Gasteiger partial charge in [0.1, 0.15) is 12.7 Å². The maximum Gasteiger partial charge on any atom is 0.115 e. The topological polar surface area (TPSA) is 27.7 Å². The highest BCUT2D eigenvalue weighted by atomic mass is 17.2. The maximum atomic E-state index is 5.15. The number of rotatable bonds is 6. The second-order valence-corrected chi connectivity index (χ2v) is 2.96. The molecule has 3 heteroatoms. The first-order valence-corrected chi connectivity index (χ1v) is 4.66. The van der Waals surface area contributed by atoms with E-state index in [1.807, 2.05) is 37.3 Å². The summed E-state index contributed by atoms with van der Waals surface area (Å²) in [5, 5.41) is 0. The van der Waals surface area contributed by atoms with Gasteiger partial charge >= 0.3 is 0 Å². The molecule has 1 aromatic rings. The summed E-state index contributed by atoms with van der Waals surface area (Å²) in [5.74, 6) is 0. The zero-order valence-electron chi connectivity index (χ0n) is 8.60. The van der Waals surface area contributed by atoms with Crippen molar-refractivity contribution < 1.29 is 14.5 Å². The number of hydrogen-bond donors (Lipinski definition) is 0. The van der Waals surface area contributed by atoms with Crippen LogP contribution in [0.3, 0.4) is 0 Å². The highest BCUT2D eigenvalue weighted by Gasteiger charge is 2.04. The normalized spacial score (nSPS) is 12.7. The zero-order chi connectivity index (χ0) is 10.2. The Labute approximate surface area is 84.5 Å². The summed E-state index contributed by atoms with van der Waals surface area (Å²) in [4.78, 5) is 10.1. The summed E-state index contributed by atoms with van der Waals surface area (Å²) in [6.07, 6.45) is -0.0481. The van der Waals surface area contributed by atoms with Crippen LogP contribution in [0.5, 0.6) is 0 Å². The molecule has 0 aromatic heterocycles. The summed E-state index contributed by atoms with van der Waals surface area (Å²) in [7, 11) is 1.63. The van der Waals surface area contributed by atoms with Gasteiger partial charge in [-0.3, -0.25) is 0 Å². The molecule has 0 saturated heterocycles. The van der Waals surface area contributed by atoms with Crippen molar-refractivity contribution in [2.75, 3.05) is 20.3 Å². The minimum absolute atomic E-state index is 0.0481. The number of hydrogen-bond acceptors (Lipinski definition) is 3. The lowest BCUT2D eigenvalue weighted by Gasteiger charge is -2.11. The molecule has 0 fully saturated rings. The summed E-state index contributed by atoms with van der Waals surface area (Å²) in [6.45, 7) is 2.94. The van der Waals surface area contributed by atoms with Crippen LogP contribution >= 0.6 is 0 Å². The van der Waals surface area contributed by atoms with Crippen LogP contribution in [0.4, 0.5) is 0 Å². The molecule has 3 nitrogen and oxygen atoms in total. The second kappa shape index (κ2) is 6.54. The van der Waals surface area contributed by atoms with Gasteiger partial charge in [0, 0.05) is 7.11 Å². The van der Waals surface area contributed by atoms with Crippen molar-refractivity contribution in [2.45, 2.75) is 13.0 Å². The van der Waals surface area contributed by atoms with Gasteiger partial charge in [-0.25, -0.2) is 9.78 Å². The van der Waals surface area contributed by atoms with Crippen molar-refractivity contribution in [3.8, 4) is 0 Å². The quantitative estimate of drug-likeness (QED) is 0.397. The van der Waals surface area contributed by atoms with Crippen LogP contribution in [0.15, 0.2) is 30.3 Å². The van der Waals surface area contributed by atoms with Crippen molar-refractivity contribution in [1.82, 2.24) is 0 Å². The van der Waals surface area contributed by atoms with Crippen molar-refractivity contribution in [3.63, 3.8) is 0 Å². The Morgan fingerprint density at radius 2 is 1.86 bits per heavy atom. The molecule has 0 N–H and O–H groups in total. The molecule has 1 atom stereocenters. The fourth-order valence-electron chi connectivity index (χ4n) is 1.05. The van der Waals surface area contributed by atoms with Crippen LogP contribution in [0.25, 0.3) is 0 Å². The summed E-state index contributed by atoms with van der Waals surface area (Å²) < 4.78 is 4.82. The highest BCUT2D eigenvalue weighted by molar-refractivity contribution is 5.16. The summed E-state index contributed by atoms with van der Waals surface area (Å²) in [6, 6.07) is 9.94. The van der Waals surface area contributed by atoms with Crippen LogP contribution in [0.1, 0.15) is 18.6 Å². The van der Waals surface area contributed by atoms with Crippen molar-refractivity contribution >= 4 is 0 Å². The molecule has 1 rings (SSSR count). The standard InChI is InChI=1S/C11H16O3/c1-10(14-13-9-8-12-2)11-6-4-3-5-7-11/h3-7,10H,8-9H2,1-2H3. The van der Waals surface area contributed by atoms with E-state index in [0.29, 0.717) is 13.2 Å². The Morgan fingerprint density at radius 1 is 1.14 bits per heavy atom. The lowest BCUT2D eigenvalue weighted by molar-refractivity contribution is -0.326. The first kappa shape index (κ1) is 11.2. The van der Waals surface area contributed by atoms with E-state index in [2.05, 4.69) is 0 Å². The molecule has 14 heavy (non-hydrogen) atoms. The van der Waals surface area contributed by atoms with E-state index in [1.165, 1.54) is 0 Å². The lowest BCUT2D eigenvalue weighted by Crippen LogP contribution is -2.06. The van der Waals surface area contributed by atoms with Gasteiger partial charge in [-0.05, 0) is 12.5 Å². The molecule has 0 aliphatic rings. The van der Waals surface area contributed by atoms with Gasteiger partial charge in [-0.1, -0.05) is 30.3 Å². The third kappa shape index (κ3) is 3.87. The minimum Gasteiger partial charge on any atom is -0.382 e. The summed E-state index contributed by atoms with van der Waals surface area (Å²) in [5.41, 5.74) is 1.10. The molecule has 0 radical (unpaired) electrons. The SMILES string of the molecule is COCCOOC(C)c1ccccc1. The zero-order valence-corrected chi connectivity index (χ0v) is 8.60. The Morgan fingerprint density at radius 3 is 2.50 bits per heavy atom. The Bertz CT molecular complexity index is 236. The fraction of sp³-hybridized carbons (Fsp3) is 0.455. The lowest BCUT2D eigenvalue weighted by atomic mass is 10.1. The van der Waals surface area contributed by atoms with Gasteiger partial charge in [-0.2, -0.15) is 0 Å². The van der Waals surface area contributed by atoms with Crippen LogP contribution < -0.4 is 0 Å². The Balaban J connectivity index is 2.25. The van der Waals surface area contributed by atoms with Crippen LogP contribution in [-0.4, -0.2) is 20.3 Å². The largest absolute Gasteiger partial charge is 0.382 e. The minimum atomic E-state index is -0.0481. The van der Waals surface area contributed by atoms with E-state index in [-0.39, 0.29) is 6.10 Å². The van der Waals surface area contributed by atoms with Crippen LogP contribution in [-0.2, 0) is 14.5 Å². The molecule has 0 aliphatic carbocycles. The van der Waals surface area contributed by atoms with Crippen LogP contribution in [0.2, 0.25) is 0 Å². The monoisotopic (exact) mass is 196 g/mol. The number of ether oxygens (including phenoxy) is 1. The van der Waals surface area contributed by atoms with E-state index in [4.69, 9.17) is 14.5 Å². The smallest absolute Gasteiger partial charge is 0.115 e. The first-order valence-electron chi connectivity index (χ1n) is 4.66. The van der Waals surface area contributed by atoms with Crippen molar-refractivity contribution in [3.05, 3.63) is 35.9 Å². The third-order valence-corrected chi connectivity index (χ3v) is 1.85. The molecule has 0 amide bonds. The molecular weight excluding hydrogens is 180 g/mol. The van der Waals surface area contributed by atoms with Crippen LogP contribution in [0, 0.1) is 0 Å². The van der Waals surface area contributed by atoms with Gasteiger partial charge in [0.25, 0.3) is 0 Å². The second-order valence-electron chi connectivity index (χ2n) is 2.96. The molecule has 0 heterocycles. The van der Waals surface area contributed by atoms with E-state index in [9.17, 15) is 0 Å². The molecule has 0 aliphatic heterocycles. The highest BCUT2D eigenvalue weighted by Crippen LogP contribution is 2.15. The van der Waals surface area contributed by atoms with Gasteiger partial charge in [-0.15, -0.1) is 0 Å². The van der Waals surface area contributed by atoms with Gasteiger partial charge < -0.3 is 4.74 Å². The molecular formula is C11H16O3. The number of benzene rings is 1. The average Bonchev–Trinajstić information content (AvgIpc) is 2.25. The van der Waals surface area contributed by atoms with E-state index >= 15 is 0 Å². The molecule has 1 aromatic carbocycles. The predicted octanol–water partition coefficient (Wildman–Crippen LogP) is 2.34. The Kier molecular flexibility index (Phi) is 5.22. The third-order valence-electron chi connectivity index (χ3n) is 1.85. The van der Waals surface area contributed by atoms with Gasteiger partial charge in [0.05, 0.1) is 6.61 Å². The van der Waals surface area contributed by atoms with Gasteiger partial charge in [0.15, 0.2) is 0 Å². The van der Waals surface area contributed by atoms with Crippen molar-refractivity contribution in [1.29, 1.82) is 0 Å².